The molecule has 0 fully saturated rings. The highest BCUT2D eigenvalue weighted by molar-refractivity contribution is 5.86. The van der Waals surface area contributed by atoms with Crippen molar-refractivity contribution in [2.75, 3.05) is 20.2 Å². The second kappa shape index (κ2) is 6.76. The highest BCUT2D eigenvalue weighted by Gasteiger charge is 2.24. The van der Waals surface area contributed by atoms with E-state index >= 15 is 0 Å². The standard InChI is InChI=1S/C16H21N3O4/c1-16(2,3)23-15(21)19-7-5-11(6-8-19)12-9-18-13(10-17-12)14(20)22-4/h5,9-10H,6-8H2,1-4H3. The summed E-state index contributed by atoms with van der Waals surface area (Å²) < 4.78 is 9.94. The maximum absolute atomic E-state index is 12.0. The fourth-order valence-corrected chi connectivity index (χ4v) is 2.10. The Bertz CT molecular complexity index is 617. The zero-order valence-corrected chi connectivity index (χ0v) is 13.8. The zero-order chi connectivity index (χ0) is 17.0. The van der Waals surface area contributed by atoms with Crippen molar-refractivity contribution in [1.82, 2.24) is 14.9 Å². The fraction of sp³-hybridized carbons (Fsp3) is 0.500. The minimum absolute atomic E-state index is 0.169. The quantitative estimate of drug-likeness (QED) is 0.778. The average molecular weight is 319 g/mol. The molecule has 0 N–H and O–H groups in total. The van der Waals surface area contributed by atoms with Crippen molar-refractivity contribution in [3.05, 3.63) is 29.9 Å². The lowest BCUT2D eigenvalue weighted by molar-refractivity contribution is 0.0270. The number of hydrogen-bond donors (Lipinski definition) is 0. The molecule has 0 aromatic carbocycles. The van der Waals surface area contributed by atoms with Gasteiger partial charge in [0.2, 0.25) is 0 Å². The minimum Gasteiger partial charge on any atom is -0.464 e. The van der Waals surface area contributed by atoms with Gasteiger partial charge in [0.25, 0.3) is 0 Å². The van der Waals surface area contributed by atoms with Gasteiger partial charge < -0.3 is 14.4 Å². The van der Waals surface area contributed by atoms with E-state index in [1.165, 1.54) is 13.3 Å². The van der Waals surface area contributed by atoms with Gasteiger partial charge in [-0.1, -0.05) is 6.08 Å². The Hall–Kier alpha value is -2.44. The van der Waals surface area contributed by atoms with Crippen LogP contribution in [0.4, 0.5) is 4.79 Å². The molecule has 0 saturated heterocycles. The van der Waals surface area contributed by atoms with E-state index in [9.17, 15) is 9.59 Å². The van der Waals surface area contributed by atoms with Crippen molar-refractivity contribution in [3.8, 4) is 0 Å². The van der Waals surface area contributed by atoms with Crippen molar-refractivity contribution in [1.29, 1.82) is 0 Å². The number of esters is 1. The number of carbonyl (C=O) groups is 2. The summed E-state index contributed by atoms with van der Waals surface area (Å²) in [6, 6.07) is 0. The second-order valence-electron chi connectivity index (χ2n) is 6.18. The molecule has 0 spiro atoms. The van der Waals surface area contributed by atoms with Crippen molar-refractivity contribution in [2.24, 2.45) is 0 Å². The molecule has 7 nitrogen and oxygen atoms in total. The summed E-state index contributed by atoms with van der Waals surface area (Å²) in [6.45, 7) is 6.55. The summed E-state index contributed by atoms with van der Waals surface area (Å²) in [5, 5.41) is 0. The molecule has 1 aromatic rings. The van der Waals surface area contributed by atoms with Crippen LogP contribution in [0.5, 0.6) is 0 Å². The molecule has 0 bridgehead atoms. The van der Waals surface area contributed by atoms with Gasteiger partial charge in [-0.25, -0.2) is 14.6 Å². The van der Waals surface area contributed by atoms with E-state index < -0.39 is 11.6 Å². The van der Waals surface area contributed by atoms with Gasteiger partial charge in [0.05, 0.1) is 25.2 Å². The van der Waals surface area contributed by atoms with E-state index in [1.807, 2.05) is 26.8 Å². The second-order valence-corrected chi connectivity index (χ2v) is 6.18. The number of rotatable bonds is 2. The molecule has 2 heterocycles. The van der Waals surface area contributed by atoms with Crippen LogP contribution in [0.1, 0.15) is 43.4 Å². The Morgan fingerprint density at radius 3 is 2.43 bits per heavy atom. The number of aromatic nitrogens is 2. The third-order valence-electron chi connectivity index (χ3n) is 3.24. The first-order valence-corrected chi connectivity index (χ1v) is 7.38. The molecular formula is C16H21N3O4. The Morgan fingerprint density at radius 1 is 1.22 bits per heavy atom. The van der Waals surface area contributed by atoms with Gasteiger partial charge in [-0.15, -0.1) is 0 Å². The lowest BCUT2D eigenvalue weighted by Crippen LogP contribution is -2.39. The van der Waals surface area contributed by atoms with Crippen LogP contribution in [0.2, 0.25) is 0 Å². The molecule has 0 atom stereocenters. The van der Waals surface area contributed by atoms with Crippen LogP contribution in [-0.4, -0.2) is 52.7 Å². The van der Waals surface area contributed by atoms with Crippen LogP contribution in [-0.2, 0) is 9.47 Å². The normalized spacial score (nSPS) is 15.0. The third-order valence-corrected chi connectivity index (χ3v) is 3.24. The van der Waals surface area contributed by atoms with Crippen LogP contribution >= 0.6 is 0 Å². The molecule has 1 amide bonds. The van der Waals surface area contributed by atoms with Crippen molar-refractivity contribution >= 4 is 17.6 Å². The summed E-state index contributed by atoms with van der Waals surface area (Å²) in [4.78, 5) is 33.3. The van der Waals surface area contributed by atoms with Crippen LogP contribution in [0.3, 0.4) is 0 Å². The molecule has 1 aliphatic rings. The monoisotopic (exact) mass is 319 g/mol. The predicted octanol–water partition coefficient (Wildman–Crippen LogP) is 2.29. The summed E-state index contributed by atoms with van der Waals surface area (Å²) in [7, 11) is 1.30. The number of hydrogen-bond acceptors (Lipinski definition) is 6. The summed E-state index contributed by atoms with van der Waals surface area (Å²) >= 11 is 0. The molecule has 0 radical (unpaired) electrons. The number of methoxy groups -OCH3 is 1. The third kappa shape index (κ3) is 4.51. The lowest BCUT2D eigenvalue weighted by Gasteiger charge is -2.29. The van der Waals surface area contributed by atoms with Crippen LogP contribution < -0.4 is 0 Å². The van der Waals surface area contributed by atoms with Gasteiger partial charge in [0, 0.05) is 13.1 Å². The largest absolute Gasteiger partial charge is 0.464 e. The molecule has 23 heavy (non-hydrogen) atoms. The van der Waals surface area contributed by atoms with E-state index in [1.54, 1.807) is 11.1 Å². The molecule has 0 saturated carbocycles. The van der Waals surface area contributed by atoms with E-state index in [-0.39, 0.29) is 11.8 Å². The number of nitrogens with zero attached hydrogens (tertiary/aromatic N) is 3. The molecule has 1 aliphatic heterocycles. The first-order valence-electron chi connectivity index (χ1n) is 7.38. The van der Waals surface area contributed by atoms with Crippen LogP contribution in [0.25, 0.3) is 5.57 Å². The van der Waals surface area contributed by atoms with Crippen LogP contribution in [0.15, 0.2) is 18.5 Å². The Morgan fingerprint density at radius 2 is 1.96 bits per heavy atom. The first kappa shape index (κ1) is 16.9. The molecule has 1 aromatic heterocycles. The summed E-state index contributed by atoms with van der Waals surface area (Å²) in [6.07, 6.45) is 5.20. The van der Waals surface area contributed by atoms with Gasteiger partial charge >= 0.3 is 12.1 Å². The Labute approximate surface area is 135 Å². The molecule has 0 aliphatic carbocycles. The fourth-order valence-electron chi connectivity index (χ4n) is 2.10. The maximum atomic E-state index is 12.0. The number of carbonyl (C=O) groups excluding carboxylic acids is 2. The molecule has 124 valence electrons. The van der Waals surface area contributed by atoms with Gasteiger partial charge in [0.1, 0.15) is 5.60 Å². The summed E-state index contributed by atoms with van der Waals surface area (Å²) in [5.74, 6) is -0.516. The van der Waals surface area contributed by atoms with Gasteiger partial charge in [-0.2, -0.15) is 0 Å². The van der Waals surface area contributed by atoms with Crippen LogP contribution in [0, 0.1) is 0 Å². The number of amides is 1. The van der Waals surface area contributed by atoms with E-state index in [0.717, 1.165) is 5.57 Å². The van der Waals surface area contributed by atoms with Gasteiger partial charge in [0.15, 0.2) is 5.69 Å². The van der Waals surface area contributed by atoms with E-state index in [0.29, 0.717) is 25.2 Å². The highest BCUT2D eigenvalue weighted by Crippen LogP contribution is 2.21. The van der Waals surface area contributed by atoms with E-state index in [2.05, 4.69) is 14.7 Å². The molecular weight excluding hydrogens is 298 g/mol. The lowest BCUT2D eigenvalue weighted by atomic mass is 10.1. The SMILES string of the molecule is COC(=O)c1cnc(C2=CCN(C(=O)OC(C)(C)C)CC2)cn1. The molecule has 2 rings (SSSR count). The average Bonchev–Trinajstić information content (AvgIpc) is 2.53. The maximum Gasteiger partial charge on any atom is 0.410 e. The van der Waals surface area contributed by atoms with Crippen molar-refractivity contribution < 1.29 is 19.1 Å². The first-order chi connectivity index (χ1) is 10.8. The number of ether oxygens (including phenoxy) is 2. The zero-order valence-electron chi connectivity index (χ0n) is 13.8. The summed E-state index contributed by atoms with van der Waals surface area (Å²) in [5.41, 5.74) is 1.36. The van der Waals surface area contributed by atoms with E-state index in [4.69, 9.17) is 4.74 Å². The molecule has 0 unspecified atom stereocenters. The minimum atomic E-state index is -0.516. The smallest absolute Gasteiger partial charge is 0.410 e. The predicted molar refractivity (Wildman–Crippen MR) is 83.8 cm³/mol. The Balaban J connectivity index is 2.01. The van der Waals surface area contributed by atoms with Gasteiger partial charge in [-0.05, 0) is 32.8 Å². The highest BCUT2D eigenvalue weighted by atomic mass is 16.6. The van der Waals surface area contributed by atoms with Crippen molar-refractivity contribution in [2.45, 2.75) is 32.8 Å². The van der Waals surface area contributed by atoms with Gasteiger partial charge in [-0.3, -0.25) is 4.98 Å². The van der Waals surface area contributed by atoms with Crippen molar-refractivity contribution in [3.63, 3.8) is 0 Å². The molecule has 7 heteroatoms. The topological polar surface area (TPSA) is 81.6 Å². The Kier molecular flexibility index (Phi) is 4.98.